The lowest BCUT2D eigenvalue weighted by atomic mass is 9.75. The fourth-order valence-electron chi connectivity index (χ4n) is 5.92. The van der Waals surface area contributed by atoms with Gasteiger partial charge in [-0.15, -0.1) is 0 Å². The van der Waals surface area contributed by atoms with Gasteiger partial charge in [0.2, 0.25) is 15.9 Å². The van der Waals surface area contributed by atoms with Crippen LogP contribution in [0.25, 0.3) is 0 Å². The minimum Gasteiger partial charge on any atom is -0.446 e. The first-order valence-corrected chi connectivity index (χ1v) is 13.7. The standard InChI is InChI=1S/C24H35N3O5S/c1-15(2)32-24(29)25-14-16(3)27(17(4)28)22-9-7-19(13-23(22)25)18-6-8-21-20(12-18)10-11-26(21)33(5,30)31/h7,9,13,15-16,18,20-21H,6,8,10-12,14H2,1-5H3/t16-,18?,20?,21?/m0/s1. The molecule has 3 aliphatic rings. The minimum atomic E-state index is -3.18. The van der Waals surface area contributed by atoms with E-state index in [4.69, 9.17) is 4.74 Å². The highest BCUT2D eigenvalue weighted by Crippen LogP contribution is 2.46. The molecule has 2 amide bonds. The van der Waals surface area contributed by atoms with Crippen LogP contribution in [0.2, 0.25) is 0 Å². The molecule has 2 fully saturated rings. The normalized spacial score (nSPS) is 27.9. The number of fused-ring (bicyclic) bond motifs is 2. The maximum Gasteiger partial charge on any atom is 0.414 e. The summed E-state index contributed by atoms with van der Waals surface area (Å²) in [6.45, 7) is 8.11. The van der Waals surface area contributed by atoms with Crippen molar-refractivity contribution < 1.29 is 22.7 Å². The Labute approximate surface area is 196 Å². The van der Waals surface area contributed by atoms with Gasteiger partial charge in [0.05, 0.1) is 29.8 Å². The second-order valence-electron chi connectivity index (χ2n) is 10.0. The monoisotopic (exact) mass is 477 g/mol. The van der Waals surface area contributed by atoms with E-state index in [0.717, 1.165) is 36.9 Å². The second kappa shape index (κ2) is 8.91. The van der Waals surface area contributed by atoms with Gasteiger partial charge in [-0.1, -0.05) is 6.07 Å². The number of carbonyl (C=O) groups is 2. The van der Waals surface area contributed by atoms with Gasteiger partial charge >= 0.3 is 6.09 Å². The van der Waals surface area contributed by atoms with Gasteiger partial charge in [-0.3, -0.25) is 9.69 Å². The summed E-state index contributed by atoms with van der Waals surface area (Å²) in [5, 5.41) is 0. The summed E-state index contributed by atoms with van der Waals surface area (Å²) in [6.07, 6.45) is 4.23. The number of rotatable bonds is 3. The summed E-state index contributed by atoms with van der Waals surface area (Å²) in [7, 11) is -3.18. The third kappa shape index (κ3) is 4.62. The largest absolute Gasteiger partial charge is 0.446 e. The third-order valence-corrected chi connectivity index (χ3v) is 8.57. The van der Waals surface area contributed by atoms with Crippen molar-refractivity contribution in [2.24, 2.45) is 5.92 Å². The second-order valence-corrected chi connectivity index (χ2v) is 12.0. The topological polar surface area (TPSA) is 87.2 Å². The van der Waals surface area contributed by atoms with Crippen molar-refractivity contribution in [2.45, 2.75) is 77.5 Å². The molecule has 1 saturated heterocycles. The van der Waals surface area contributed by atoms with Crippen LogP contribution in [0.15, 0.2) is 18.2 Å². The first kappa shape index (κ1) is 24.0. The minimum absolute atomic E-state index is 0.0549. The summed E-state index contributed by atoms with van der Waals surface area (Å²) in [6, 6.07) is 5.98. The molecular formula is C24H35N3O5S. The maximum atomic E-state index is 12.9. The quantitative estimate of drug-likeness (QED) is 0.662. The SMILES string of the molecule is CC(=O)N1c2ccc(C3CCC4C(CCN4S(C)(=O)=O)C3)cc2N(C(=O)OC(C)C)C[C@@H]1C. The molecule has 8 nitrogen and oxygen atoms in total. The number of anilines is 2. The molecule has 9 heteroatoms. The van der Waals surface area contributed by atoms with Crippen LogP contribution in [0.1, 0.15) is 64.9 Å². The lowest BCUT2D eigenvalue weighted by Crippen LogP contribution is -2.51. The zero-order chi connectivity index (χ0) is 24.1. The highest BCUT2D eigenvalue weighted by Gasteiger charge is 2.43. The molecule has 3 unspecified atom stereocenters. The predicted molar refractivity (Wildman–Crippen MR) is 128 cm³/mol. The van der Waals surface area contributed by atoms with Gasteiger partial charge in [0.25, 0.3) is 0 Å². The number of hydrogen-bond acceptors (Lipinski definition) is 5. The Morgan fingerprint density at radius 2 is 1.85 bits per heavy atom. The van der Waals surface area contributed by atoms with E-state index < -0.39 is 16.1 Å². The van der Waals surface area contributed by atoms with Gasteiger partial charge in [-0.25, -0.2) is 13.2 Å². The predicted octanol–water partition coefficient (Wildman–Crippen LogP) is 3.71. The average molecular weight is 478 g/mol. The van der Waals surface area contributed by atoms with Gasteiger partial charge in [-0.2, -0.15) is 4.31 Å². The zero-order valence-corrected chi connectivity index (χ0v) is 21.0. The fourth-order valence-corrected chi connectivity index (χ4v) is 7.13. The maximum absolute atomic E-state index is 12.9. The molecule has 2 heterocycles. The zero-order valence-electron chi connectivity index (χ0n) is 20.2. The molecule has 0 radical (unpaired) electrons. The fraction of sp³-hybridized carbons (Fsp3) is 0.667. The number of nitrogens with zero attached hydrogens (tertiary/aromatic N) is 3. The molecule has 1 aromatic rings. The Morgan fingerprint density at radius 1 is 1.12 bits per heavy atom. The van der Waals surface area contributed by atoms with E-state index in [2.05, 4.69) is 6.07 Å². The molecule has 0 N–H and O–H groups in total. The van der Waals surface area contributed by atoms with Crippen molar-refractivity contribution in [3.63, 3.8) is 0 Å². The first-order valence-electron chi connectivity index (χ1n) is 11.9. The third-order valence-electron chi connectivity index (χ3n) is 7.26. The van der Waals surface area contributed by atoms with Crippen molar-refractivity contribution in [2.75, 3.05) is 29.1 Å². The van der Waals surface area contributed by atoms with Gasteiger partial charge in [-0.05, 0) is 76.0 Å². The van der Waals surface area contributed by atoms with Crippen molar-refractivity contribution in [1.29, 1.82) is 0 Å². The molecule has 4 atom stereocenters. The summed E-state index contributed by atoms with van der Waals surface area (Å²) in [5.74, 6) is 0.593. The van der Waals surface area contributed by atoms with E-state index in [1.54, 1.807) is 21.0 Å². The van der Waals surface area contributed by atoms with Crippen LogP contribution in [0.4, 0.5) is 16.2 Å². The van der Waals surface area contributed by atoms with Crippen LogP contribution in [0.3, 0.4) is 0 Å². The summed E-state index contributed by atoms with van der Waals surface area (Å²) < 4.78 is 31.4. The van der Waals surface area contributed by atoms with Crippen LogP contribution in [-0.4, -0.2) is 62.3 Å². The van der Waals surface area contributed by atoms with Crippen LogP contribution in [-0.2, 0) is 19.6 Å². The molecule has 0 spiro atoms. The van der Waals surface area contributed by atoms with E-state index >= 15 is 0 Å². The summed E-state index contributed by atoms with van der Waals surface area (Å²) in [5.41, 5.74) is 2.56. The highest BCUT2D eigenvalue weighted by atomic mass is 32.2. The number of sulfonamides is 1. The Balaban J connectivity index is 1.63. The first-order chi connectivity index (χ1) is 15.5. The van der Waals surface area contributed by atoms with Crippen molar-refractivity contribution in [3.8, 4) is 0 Å². The number of ether oxygens (including phenoxy) is 1. The molecule has 182 valence electrons. The molecule has 0 bridgehead atoms. The number of hydrogen-bond donors (Lipinski definition) is 0. The van der Waals surface area contributed by atoms with Crippen molar-refractivity contribution in [3.05, 3.63) is 23.8 Å². The number of amides is 2. The molecule has 1 aromatic carbocycles. The lowest BCUT2D eigenvalue weighted by molar-refractivity contribution is -0.117. The van der Waals surface area contributed by atoms with E-state index in [0.29, 0.717) is 30.6 Å². The van der Waals surface area contributed by atoms with Crippen LogP contribution < -0.4 is 9.80 Å². The van der Waals surface area contributed by atoms with Gasteiger partial charge in [0.15, 0.2) is 0 Å². The van der Waals surface area contributed by atoms with Crippen LogP contribution >= 0.6 is 0 Å². The van der Waals surface area contributed by atoms with E-state index in [-0.39, 0.29) is 24.1 Å². The Morgan fingerprint density at radius 3 is 2.48 bits per heavy atom. The molecule has 2 aliphatic heterocycles. The summed E-state index contributed by atoms with van der Waals surface area (Å²) in [4.78, 5) is 28.7. The van der Waals surface area contributed by atoms with Crippen molar-refractivity contribution >= 4 is 33.4 Å². The Kier molecular flexibility index (Phi) is 6.48. The molecule has 1 aliphatic carbocycles. The van der Waals surface area contributed by atoms with Crippen LogP contribution in [0.5, 0.6) is 0 Å². The number of carbonyl (C=O) groups excluding carboxylic acids is 2. The van der Waals surface area contributed by atoms with Crippen molar-refractivity contribution in [1.82, 2.24) is 4.31 Å². The molecule has 33 heavy (non-hydrogen) atoms. The number of benzene rings is 1. The molecular weight excluding hydrogens is 442 g/mol. The lowest BCUT2D eigenvalue weighted by Gasteiger charge is -2.41. The Hall–Kier alpha value is -2.13. The van der Waals surface area contributed by atoms with E-state index in [9.17, 15) is 18.0 Å². The molecule has 1 saturated carbocycles. The Bertz CT molecular complexity index is 1040. The smallest absolute Gasteiger partial charge is 0.414 e. The average Bonchev–Trinajstić information content (AvgIpc) is 3.15. The highest BCUT2D eigenvalue weighted by molar-refractivity contribution is 7.88. The summed E-state index contributed by atoms with van der Waals surface area (Å²) >= 11 is 0. The van der Waals surface area contributed by atoms with Gasteiger partial charge in [0.1, 0.15) is 0 Å². The van der Waals surface area contributed by atoms with Crippen LogP contribution in [0, 0.1) is 5.92 Å². The van der Waals surface area contributed by atoms with E-state index in [1.807, 2.05) is 32.9 Å². The van der Waals surface area contributed by atoms with Gasteiger partial charge < -0.3 is 9.64 Å². The molecule has 4 rings (SSSR count). The van der Waals surface area contributed by atoms with Gasteiger partial charge in [0, 0.05) is 26.1 Å². The molecule has 0 aromatic heterocycles. The van der Waals surface area contributed by atoms with E-state index in [1.165, 1.54) is 6.26 Å².